The van der Waals surface area contributed by atoms with Crippen molar-refractivity contribution in [3.63, 3.8) is 0 Å². The van der Waals surface area contributed by atoms with Crippen LogP contribution in [0.2, 0.25) is 0 Å². The van der Waals surface area contributed by atoms with Gasteiger partial charge in [-0.05, 0) is 13.8 Å². The summed E-state index contributed by atoms with van der Waals surface area (Å²) in [5.74, 6) is 0.175. The number of nitro groups is 1. The third kappa shape index (κ3) is 1.48. The first-order valence-electron chi connectivity index (χ1n) is 4.04. The van der Waals surface area contributed by atoms with Gasteiger partial charge in [-0.1, -0.05) is 0 Å². The molecule has 1 aliphatic rings. The van der Waals surface area contributed by atoms with Crippen molar-refractivity contribution in [3.05, 3.63) is 22.1 Å². The average molecular weight is 296 g/mol. The summed E-state index contributed by atoms with van der Waals surface area (Å²) in [6.07, 6.45) is 1.36. The van der Waals surface area contributed by atoms with Crippen LogP contribution in [0.15, 0.2) is 17.0 Å². The summed E-state index contributed by atoms with van der Waals surface area (Å²) >= 11 is 2.06. The van der Waals surface area contributed by atoms with Crippen molar-refractivity contribution in [2.24, 2.45) is 4.99 Å². The Labute approximate surface area is 90.0 Å². The van der Waals surface area contributed by atoms with Crippen LogP contribution in [0.25, 0.3) is 0 Å². The number of nitrogens with zero attached hydrogens (tertiary/aromatic N) is 3. The van der Waals surface area contributed by atoms with Gasteiger partial charge >= 0.3 is 5.82 Å². The van der Waals surface area contributed by atoms with E-state index in [0.29, 0.717) is 13.1 Å². The molecule has 0 N–H and O–H groups in total. The molecule has 0 radical (unpaired) electrons. The molecule has 0 saturated carbocycles. The van der Waals surface area contributed by atoms with Crippen molar-refractivity contribution in [1.82, 2.24) is 0 Å². The Morgan fingerprint density at radius 1 is 1.62 bits per heavy atom. The van der Waals surface area contributed by atoms with Crippen molar-refractivity contribution < 1.29 is 9.41 Å². The zero-order chi connectivity index (χ0) is 10.1. The predicted octanol–water partition coefficient (Wildman–Crippen LogP) is 1.72. The zero-order valence-corrected chi connectivity index (χ0v) is 9.69. The fourth-order valence-electron chi connectivity index (χ4n) is 1.44. The molecule has 0 atom stereocenters. The van der Waals surface area contributed by atoms with Crippen LogP contribution in [0.3, 0.4) is 0 Å². The van der Waals surface area contributed by atoms with Gasteiger partial charge in [0.2, 0.25) is 0 Å². The van der Waals surface area contributed by atoms with Crippen LogP contribution in [0.4, 0.5) is 0 Å². The summed E-state index contributed by atoms with van der Waals surface area (Å²) in [5.41, 5.74) is 0. The van der Waals surface area contributed by atoms with E-state index in [1.54, 1.807) is 0 Å². The molecule has 0 aromatic rings. The molecule has 0 unspecified atom stereocenters. The Bertz CT molecular complexity index is 294. The van der Waals surface area contributed by atoms with Crippen LogP contribution >= 0.6 is 22.6 Å². The van der Waals surface area contributed by atoms with Gasteiger partial charge in [-0.15, -0.1) is 0 Å². The van der Waals surface area contributed by atoms with E-state index in [1.807, 2.05) is 13.8 Å². The minimum atomic E-state index is -0.345. The van der Waals surface area contributed by atoms with Crippen molar-refractivity contribution in [2.45, 2.75) is 13.8 Å². The predicted molar refractivity (Wildman–Crippen MR) is 57.9 cm³/mol. The van der Waals surface area contributed by atoms with Crippen LogP contribution in [0, 0.1) is 10.1 Å². The van der Waals surface area contributed by atoms with Gasteiger partial charge in [-0.2, -0.15) is 9.48 Å². The number of halogens is 1. The number of amidine groups is 1. The standard InChI is InChI=1S/C7H11IN3O2/c1-3-11(4-2)6(10(12)13)5-9-7(11)8/h5H,3-4H2,1-2H3/q+1. The van der Waals surface area contributed by atoms with E-state index in [0.717, 1.165) is 3.84 Å². The maximum Gasteiger partial charge on any atom is 0.453 e. The van der Waals surface area contributed by atoms with E-state index in [4.69, 9.17) is 0 Å². The van der Waals surface area contributed by atoms with Gasteiger partial charge in [-0.3, -0.25) is 10.1 Å². The highest BCUT2D eigenvalue weighted by Gasteiger charge is 2.46. The lowest BCUT2D eigenvalue weighted by molar-refractivity contribution is -0.856. The lowest BCUT2D eigenvalue weighted by atomic mass is 10.4. The Hall–Kier alpha value is -0.500. The van der Waals surface area contributed by atoms with Crippen molar-refractivity contribution in [3.8, 4) is 0 Å². The van der Waals surface area contributed by atoms with Gasteiger partial charge in [-0.25, -0.2) is 0 Å². The van der Waals surface area contributed by atoms with Crippen molar-refractivity contribution >= 4 is 26.4 Å². The molecule has 1 aliphatic heterocycles. The number of aliphatic imine (C=N–C) groups is 1. The first kappa shape index (κ1) is 10.6. The molecule has 0 bridgehead atoms. The summed E-state index contributed by atoms with van der Waals surface area (Å²) in [6, 6.07) is 0. The molecular weight excluding hydrogens is 285 g/mol. The highest BCUT2D eigenvalue weighted by atomic mass is 127. The number of hydrogen-bond acceptors (Lipinski definition) is 3. The molecule has 0 aromatic heterocycles. The first-order chi connectivity index (χ1) is 6.08. The summed E-state index contributed by atoms with van der Waals surface area (Å²) < 4.78 is 1.04. The summed E-state index contributed by atoms with van der Waals surface area (Å²) in [5, 5.41) is 10.7. The Morgan fingerprint density at radius 3 is 2.46 bits per heavy atom. The molecule has 5 nitrogen and oxygen atoms in total. The van der Waals surface area contributed by atoms with E-state index >= 15 is 0 Å². The highest BCUT2D eigenvalue weighted by Crippen LogP contribution is 2.27. The quantitative estimate of drug-likeness (QED) is 0.262. The molecule has 0 aliphatic carbocycles. The molecule has 13 heavy (non-hydrogen) atoms. The smallest absolute Gasteiger partial charge is 0.254 e. The largest absolute Gasteiger partial charge is 0.453 e. The lowest BCUT2D eigenvalue weighted by Crippen LogP contribution is -2.49. The third-order valence-electron chi connectivity index (χ3n) is 2.35. The van der Waals surface area contributed by atoms with Crippen molar-refractivity contribution in [2.75, 3.05) is 13.1 Å². The molecule has 1 heterocycles. The zero-order valence-electron chi connectivity index (χ0n) is 7.53. The highest BCUT2D eigenvalue weighted by molar-refractivity contribution is 14.1. The SMILES string of the molecule is CC[N+]1(CC)C([N+](=O)[O-])=CN=C1I. The van der Waals surface area contributed by atoms with Gasteiger partial charge in [0, 0.05) is 0 Å². The molecule has 0 fully saturated rings. The Balaban J connectivity index is 3.10. The first-order valence-corrected chi connectivity index (χ1v) is 5.12. The fraction of sp³-hybridized carbons (Fsp3) is 0.571. The fourth-order valence-corrected chi connectivity index (χ4v) is 2.51. The van der Waals surface area contributed by atoms with Crippen molar-refractivity contribution in [1.29, 1.82) is 0 Å². The number of quaternary nitrogens is 1. The molecule has 72 valence electrons. The normalized spacial score (nSPS) is 19.6. The van der Waals surface area contributed by atoms with Gasteiger partial charge in [0.05, 0.1) is 35.7 Å². The maximum atomic E-state index is 10.7. The summed E-state index contributed by atoms with van der Waals surface area (Å²) in [4.78, 5) is 14.4. The average Bonchev–Trinajstić information content (AvgIpc) is 2.43. The molecule has 6 heteroatoms. The van der Waals surface area contributed by atoms with Crippen LogP contribution in [-0.4, -0.2) is 26.3 Å². The van der Waals surface area contributed by atoms with Crippen LogP contribution in [0.1, 0.15) is 13.8 Å². The molecule has 1 rings (SSSR count). The van der Waals surface area contributed by atoms with E-state index in [-0.39, 0.29) is 15.2 Å². The maximum absolute atomic E-state index is 10.7. The molecular formula is C7H11IN3O2+. The van der Waals surface area contributed by atoms with Crippen LogP contribution in [0.5, 0.6) is 0 Å². The number of hydrogen-bond donors (Lipinski definition) is 0. The van der Waals surface area contributed by atoms with Gasteiger partial charge in [0.25, 0.3) is 3.84 Å². The van der Waals surface area contributed by atoms with E-state index in [2.05, 4.69) is 27.6 Å². The Morgan fingerprint density at radius 2 is 2.15 bits per heavy atom. The minimum absolute atomic E-state index is 0.175. The van der Waals surface area contributed by atoms with Crippen LogP contribution < -0.4 is 0 Å². The second kappa shape index (κ2) is 3.70. The third-order valence-corrected chi connectivity index (χ3v) is 3.55. The van der Waals surface area contributed by atoms with Gasteiger partial charge < -0.3 is 0 Å². The van der Waals surface area contributed by atoms with Gasteiger partial charge in [0.15, 0.2) is 6.20 Å². The monoisotopic (exact) mass is 296 g/mol. The molecule has 0 spiro atoms. The Kier molecular flexibility index (Phi) is 3.01. The van der Waals surface area contributed by atoms with E-state index in [9.17, 15) is 10.1 Å². The topological polar surface area (TPSA) is 55.5 Å². The van der Waals surface area contributed by atoms with E-state index < -0.39 is 0 Å². The minimum Gasteiger partial charge on any atom is -0.254 e. The lowest BCUT2D eigenvalue weighted by Gasteiger charge is -2.26. The van der Waals surface area contributed by atoms with Gasteiger partial charge in [0.1, 0.15) is 4.92 Å². The molecule has 0 saturated heterocycles. The molecule has 0 amide bonds. The second-order valence-corrected chi connectivity index (χ2v) is 3.71. The van der Waals surface area contributed by atoms with E-state index in [1.165, 1.54) is 6.20 Å². The molecule has 0 aromatic carbocycles. The number of rotatable bonds is 3. The summed E-state index contributed by atoms with van der Waals surface area (Å²) in [6.45, 7) is 5.21. The van der Waals surface area contributed by atoms with Crippen LogP contribution in [-0.2, 0) is 0 Å². The summed E-state index contributed by atoms with van der Waals surface area (Å²) in [7, 11) is 0. The second-order valence-electron chi connectivity index (χ2n) is 2.74.